The number of piperidine rings is 1. The summed E-state index contributed by atoms with van der Waals surface area (Å²) < 4.78 is 6.34. The highest BCUT2D eigenvalue weighted by Gasteiger charge is 2.25. The van der Waals surface area contributed by atoms with Gasteiger partial charge in [0.15, 0.2) is 0 Å². The summed E-state index contributed by atoms with van der Waals surface area (Å²) in [5.74, 6) is 1.11. The lowest BCUT2D eigenvalue weighted by atomic mass is 10.1. The molecule has 3 heterocycles. The van der Waals surface area contributed by atoms with Crippen molar-refractivity contribution in [2.24, 2.45) is 0 Å². The minimum absolute atomic E-state index is 0.151. The molecular weight excluding hydrogens is 312 g/mol. The molecule has 1 amide bonds. The Hall–Kier alpha value is -1.96. The summed E-state index contributed by atoms with van der Waals surface area (Å²) in [7, 11) is 1.62. The van der Waals surface area contributed by atoms with E-state index in [2.05, 4.69) is 38.5 Å². The van der Waals surface area contributed by atoms with Crippen LogP contribution in [0.15, 0.2) is 12.3 Å². The maximum absolute atomic E-state index is 11.6. The lowest BCUT2D eigenvalue weighted by Crippen LogP contribution is -2.37. The summed E-state index contributed by atoms with van der Waals surface area (Å²) in [6.45, 7) is 6.05. The molecule has 0 unspecified atom stereocenters. The molecule has 1 saturated heterocycles. The van der Waals surface area contributed by atoms with Crippen molar-refractivity contribution in [3.8, 4) is 0 Å². The predicted octanol–water partition coefficient (Wildman–Crippen LogP) is 2.06. The fraction of sp³-hybridized carbons (Fsp3) is 0.600. The number of nitrogens with one attached hydrogen (secondary N) is 1. The van der Waals surface area contributed by atoms with Crippen LogP contribution in [0.25, 0.3) is 0 Å². The molecule has 1 atom stereocenters. The number of hydrogen-bond donors (Lipinski definition) is 1. The minimum Gasteiger partial charge on any atom is -0.354 e. The van der Waals surface area contributed by atoms with Crippen LogP contribution in [0.3, 0.4) is 0 Å². The molecule has 0 saturated carbocycles. The normalized spacial score (nSPS) is 18.4. The average Bonchev–Trinajstić information content (AvgIpc) is 3.23. The van der Waals surface area contributed by atoms with Gasteiger partial charge in [-0.3, -0.25) is 9.48 Å². The van der Waals surface area contributed by atoms with Gasteiger partial charge in [0.2, 0.25) is 5.13 Å². The Kier molecular flexibility index (Phi) is 4.61. The van der Waals surface area contributed by atoms with E-state index in [0.717, 1.165) is 36.9 Å². The molecule has 0 spiro atoms. The third-order valence-corrected chi connectivity index (χ3v) is 4.85. The number of rotatable bonds is 4. The van der Waals surface area contributed by atoms with Gasteiger partial charge in [0.25, 0.3) is 5.91 Å². The fourth-order valence-electron chi connectivity index (χ4n) is 2.72. The summed E-state index contributed by atoms with van der Waals surface area (Å²) in [6.07, 6.45) is 4.02. The summed E-state index contributed by atoms with van der Waals surface area (Å²) in [6, 6.07) is 2.02. The largest absolute Gasteiger partial charge is 0.354 e. The van der Waals surface area contributed by atoms with Gasteiger partial charge in [-0.15, -0.1) is 0 Å². The van der Waals surface area contributed by atoms with E-state index in [1.54, 1.807) is 13.1 Å². The van der Waals surface area contributed by atoms with Crippen LogP contribution in [-0.2, 0) is 0 Å². The number of amides is 1. The molecule has 0 bridgehead atoms. The average molecular weight is 334 g/mol. The SMILES string of the molecule is CNC(=O)c1ccn([C@H]2CCCN(c3nc(C(C)C)ns3)C2)n1. The zero-order chi connectivity index (χ0) is 16.4. The van der Waals surface area contributed by atoms with E-state index in [4.69, 9.17) is 0 Å². The molecule has 3 rings (SSSR count). The third-order valence-electron chi connectivity index (χ3n) is 4.06. The first kappa shape index (κ1) is 15.9. The highest BCUT2D eigenvalue weighted by atomic mass is 32.1. The Bertz CT molecular complexity index is 679. The van der Waals surface area contributed by atoms with Gasteiger partial charge in [0.1, 0.15) is 11.5 Å². The van der Waals surface area contributed by atoms with Crippen molar-refractivity contribution < 1.29 is 4.79 Å². The monoisotopic (exact) mass is 334 g/mol. The number of hydrogen-bond acceptors (Lipinski definition) is 6. The predicted molar refractivity (Wildman–Crippen MR) is 90.1 cm³/mol. The Balaban J connectivity index is 1.72. The first-order valence-corrected chi connectivity index (χ1v) is 8.71. The second-order valence-electron chi connectivity index (χ2n) is 6.09. The smallest absolute Gasteiger partial charge is 0.271 e. The molecule has 124 valence electrons. The van der Waals surface area contributed by atoms with E-state index in [1.807, 2.05) is 10.9 Å². The van der Waals surface area contributed by atoms with Crippen molar-refractivity contribution in [2.45, 2.75) is 38.6 Å². The van der Waals surface area contributed by atoms with Crippen LogP contribution in [0.5, 0.6) is 0 Å². The molecule has 1 aliphatic heterocycles. The minimum atomic E-state index is -0.151. The van der Waals surface area contributed by atoms with Crippen LogP contribution < -0.4 is 10.2 Å². The van der Waals surface area contributed by atoms with E-state index in [1.165, 1.54) is 11.5 Å². The van der Waals surface area contributed by atoms with Gasteiger partial charge in [0.05, 0.1) is 6.04 Å². The molecule has 8 heteroatoms. The molecule has 0 aliphatic carbocycles. The van der Waals surface area contributed by atoms with Crippen LogP contribution >= 0.6 is 11.5 Å². The standard InChI is InChI=1S/C15H22N6OS/c1-10(2)13-17-15(23-19-13)20-7-4-5-11(9-20)21-8-6-12(18-21)14(22)16-3/h6,8,10-11H,4-5,7,9H2,1-3H3,(H,16,22)/t11-/m0/s1. The fourth-order valence-corrected chi connectivity index (χ4v) is 3.57. The van der Waals surface area contributed by atoms with Gasteiger partial charge >= 0.3 is 0 Å². The van der Waals surface area contributed by atoms with Crippen LogP contribution in [0.1, 0.15) is 55.0 Å². The zero-order valence-electron chi connectivity index (χ0n) is 13.7. The van der Waals surface area contributed by atoms with Gasteiger partial charge in [0, 0.05) is 43.8 Å². The second kappa shape index (κ2) is 6.66. The van der Waals surface area contributed by atoms with Crippen LogP contribution in [0, 0.1) is 0 Å². The highest BCUT2D eigenvalue weighted by Crippen LogP contribution is 2.28. The van der Waals surface area contributed by atoms with Crippen molar-refractivity contribution in [3.63, 3.8) is 0 Å². The van der Waals surface area contributed by atoms with Crippen LogP contribution in [0.2, 0.25) is 0 Å². The Labute approximate surface area is 139 Å². The lowest BCUT2D eigenvalue weighted by molar-refractivity contribution is 0.0957. The molecule has 1 N–H and O–H groups in total. The zero-order valence-corrected chi connectivity index (χ0v) is 14.5. The maximum Gasteiger partial charge on any atom is 0.271 e. The van der Waals surface area contributed by atoms with Crippen molar-refractivity contribution in [3.05, 3.63) is 23.8 Å². The molecule has 0 aromatic carbocycles. The molecule has 7 nitrogen and oxygen atoms in total. The summed E-state index contributed by atoms with van der Waals surface area (Å²) in [5, 5.41) is 8.00. The Morgan fingerprint density at radius 3 is 3.00 bits per heavy atom. The molecule has 23 heavy (non-hydrogen) atoms. The van der Waals surface area contributed by atoms with Gasteiger partial charge < -0.3 is 10.2 Å². The molecule has 1 aliphatic rings. The van der Waals surface area contributed by atoms with Crippen molar-refractivity contribution in [1.29, 1.82) is 0 Å². The Morgan fingerprint density at radius 1 is 1.48 bits per heavy atom. The van der Waals surface area contributed by atoms with Gasteiger partial charge in [-0.1, -0.05) is 13.8 Å². The second-order valence-corrected chi connectivity index (χ2v) is 6.82. The summed E-state index contributed by atoms with van der Waals surface area (Å²) in [5.41, 5.74) is 0.461. The van der Waals surface area contributed by atoms with E-state index in [-0.39, 0.29) is 11.9 Å². The van der Waals surface area contributed by atoms with Crippen molar-refractivity contribution in [2.75, 3.05) is 25.0 Å². The number of nitrogens with zero attached hydrogens (tertiary/aromatic N) is 5. The number of aromatic nitrogens is 4. The number of carbonyl (C=O) groups is 1. The number of anilines is 1. The molecular formula is C15H22N6OS. The lowest BCUT2D eigenvalue weighted by Gasteiger charge is -2.32. The first-order valence-electron chi connectivity index (χ1n) is 7.94. The van der Waals surface area contributed by atoms with E-state index < -0.39 is 0 Å². The quantitative estimate of drug-likeness (QED) is 0.926. The molecule has 0 radical (unpaired) electrons. The number of carbonyl (C=O) groups excluding carboxylic acids is 1. The summed E-state index contributed by atoms with van der Waals surface area (Å²) in [4.78, 5) is 18.6. The van der Waals surface area contributed by atoms with Crippen LogP contribution in [0.4, 0.5) is 5.13 Å². The van der Waals surface area contributed by atoms with Crippen molar-refractivity contribution in [1.82, 2.24) is 24.5 Å². The molecule has 1 fully saturated rings. The highest BCUT2D eigenvalue weighted by molar-refractivity contribution is 7.09. The van der Waals surface area contributed by atoms with Crippen molar-refractivity contribution >= 4 is 22.6 Å². The third kappa shape index (κ3) is 3.36. The van der Waals surface area contributed by atoms with E-state index >= 15 is 0 Å². The first-order chi connectivity index (χ1) is 11.1. The maximum atomic E-state index is 11.6. The summed E-state index contributed by atoms with van der Waals surface area (Å²) >= 11 is 1.47. The van der Waals surface area contributed by atoms with E-state index in [9.17, 15) is 4.79 Å². The van der Waals surface area contributed by atoms with E-state index in [0.29, 0.717) is 11.6 Å². The van der Waals surface area contributed by atoms with Gasteiger partial charge in [-0.25, -0.2) is 4.98 Å². The topological polar surface area (TPSA) is 75.9 Å². The molecule has 2 aromatic heterocycles. The van der Waals surface area contributed by atoms with Gasteiger partial charge in [-0.05, 0) is 18.9 Å². The Morgan fingerprint density at radius 2 is 2.30 bits per heavy atom. The van der Waals surface area contributed by atoms with Gasteiger partial charge in [-0.2, -0.15) is 9.47 Å². The van der Waals surface area contributed by atoms with Crippen LogP contribution in [-0.4, -0.2) is 45.2 Å². The molecule has 2 aromatic rings.